The summed E-state index contributed by atoms with van der Waals surface area (Å²) in [7, 11) is 1.75. The van der Waals surface area contributed by atoms with E-state index < -0.39 is 0 Å². The number of benzene rings is 2. The van der Waals surface area contributed by atoms with Crippen LogP contribution in [-0.4, -0.2) is 42.3 Å². The molecule has 2 aromatic carbocycles. The summed E-state index contributed by atoms with van der Waals surface area (Å²) in [4.78, 5) is 40.8. The molecule has 30 heavy (non-hydrogen) atoms. The maximum absolute atomic E-state index is 12.9. The second-order valence-electron chi connectivity index (χ2n) is 8.02. The van der Waals surface area contributed by atoms with Gasteiger partial charge in [-0.15, -0.1) is 0 Å². The van der Waals surface area contributed by atoms with Crippen molar-refractivity contribution in [2.75, 3.05) is 18.5 Å². The van der Waals surface area contributed by atoms with Crippen LogP contribution >= 0.6 is 15.9 Å². The lowest BCUT2D eigenvalue weighted by Crippen LogP contribution is -2.34. The standard InChI is InChI=1S/C23H24BrN3O3/c1-26(13-15-5-7-16(8-6-15)22(29)25-19-9-10-19)23(30)17-11-21(28)27(14-17)20-4-2-3-18(24)12-20/h2-8,12,17,19H,9-11,13-14H2,1H3,(H,25,29). The monoisotopic (exact) mass is 469 g/mol. The first-order valence-corrected chi connectivity index (χ1v) is 10.9. The Balaban J connectivity index is 1.35. The topological polar surface area (TPSA) is 69.7 Å². The number of anilines is 1. The molecule has 1 saturated heterocycles. The number of halogens is 1. The number of nitrogens with one attached hydrogen (secondary N) is 1. The maximum Gasteiger partial charge on any atom is 0.251 e. The molecule has 0 aromatic heterocycles. The molecule has 0 spiro atoms. The summed E-state index contributed by atoms with van der Waals surface area (Å²) in [6, 6.07) is 15.2. The fourth-order valence-corrected chi connectivity index (χ4v) is 4.08. The molecule has 2 aliphatic rings. The van der Waals surface area contributed by atoms with Gasteiger partial charge in [0, 0.05) is 48.3 Å². The van der Waals surface area contributed by atoms with Crippen molar-refractivity contribution < 1.29 is 14.4 Å². The highest BCUT2D eigenvalue weighted by Crippen LogP contribution is 2.28. The van der Waals surface area contributed by atoms with Crippen molar-refractivity contribution in [3.8, 4) is 0 Å². The zero-order valence-electron chi connectivity index (χ0n) is 16.8. The molecule has 156 valence electrons. The Hall–Kier alpha value is -2.67. The van der Waals surface area contributed by atoms with Gasteiger partial charge in [0.05, 0.1) is 5.92 Å². The molecule has 1 aliphatic carbocycles. The summed E-state index contributed by atoms with van der Waals surface area (Å²) in [5.74, 6) is -0.488. The second kappa shape index (κ2) is 8.60. The van der Waals surface area contributed by atoms with Crippen molar-refractivity contribution in [1.82, 2.24) is 10.2 Å². The zero-order valence-corrected chi connectivity index (χ0v) is 18.4. The van der Waals surface area contributed by atoms with Crippen molar-refractivity contribution in [2.45, 2.75) is 31.8 Å². The first-order valence-electron chi connectivity index (χ1n) is 10.1. The van der Waals surface area contributed by atoms with Crippen LogP contribution in [0.15, 0.2) is 53.0 Å². The van der Waals surface area contributed by atoms with E-state index in [9.17, 15) is 14.4 Å². The predicted octanol–water partition coefficient (Wildman–Crippen LogP) is 3.35. The molecule has 1 heterocycles. The van der Waals surface area contributed by atoms with Gasteiger partial charge in [-0.25, -0.2) is 0 Å². The normalized spacial score (nSPS) is 18.4. The third-order valence-electron chi connectivity index (χ3n) is 5.52. The Morgan fingerprint density at radius 1 is 1.17 bits per heavy atom. The van der Waals surface area contributed by atoms with Gasteiger partial charge in [-0.1, -0.05) is 34.1 Å². The van der Waals surface area contributed by atoms with Crippen molar-refractivity contribution in [3.63, 3.8) is 0 Å². The van der Waals surface area contributed by atoms with Crippen LogP contribution in [-0.2, 0) is 16.1 Å². The van der Waals surface area contributed by atoms with Gasteiger partial charge in [-0.3, -0.25) is 14.4 Å². The van der Waals surface area contributed by atoms with Crippen LogP contribution in [0.25, 0.3) is 0 Å². The summed E-state index contributed by atoms with van der Waals surface area (Å²) < 4.78 is 0.897. The molecule has 1 saturated carbocycles. The summed E-state index contributed by atoms with van der Waals surface area (Å²) in [5.41, 5.74) is 2.38. The number of hydrogen-bond acceptors (Lipinski definition) is 3. The third-order valence-corrected chi connectivity index (χ3v) is 6.01. The van der Waals surface area contributed by atoms with Gasteiger partial charge >= 0.3 is 0 Å². The van der Waals surface area contributed by atoms with Crippen LogP contribution in [0.2, 0.25) is 0 Å². The van der Waals surface area contributed by atoms with E-state index in [1.807, 2.05) is 36.4 Å². The Bertz CT molecular complexity index is 972. The van der Waals surface area contributed by atoms with Gasteiger partial charge in [0.2, 0.25) is 11.8 Å². The summed E-state index contributed by atoms with van der Waals surface area (Å²) in [6.07, 6.45) is 2.33. The lowest BCUT2D eigenvalue weighted by molar-refractivity contribution is -0.135. The fraction of sp³-hybridized carbons (Fsp3) is 0.348. The number of carbonyl (C=O) groups excluding carboxylic acids is 3. The summed E-state index contributed by atoms with van der Waals surface area (Å²) >= 11 is 3.42. The minimum atomic E-state index is -0.356. The van der Waals surface area contributed by atoms with Crippen molar-refractivity contribution >= 4 is 39.3 Å². The van der Waals surface area contributed by atoms with Crippen LogP contribution in [0.4, 0.5) is 5.69 Å². The number of rotatable bonds is 6. The van der Waals surface area contributed by atoms with Crippen molar-refractivity contribution in [1.29, 1.82) is 0 Å². The molecular weight excluding hydrogens is 446 g/mol. The molecule has 2 aromatic rings. The van der Waals surface area contributed by atoms with E-state index in [2.05, 4.69) is 21.2 Å². The average Bonchev–Trinajstić information content (AvgIpc) is 3.46. The highest BCUT2D eigenvalue weighted by atomic mass is 79.9. The van der Waals surface area contributed by atoms with E-state index in [1.165, 1.54) is 0 Å². The molecule has 0 bridgehead atoms. The zero-order chi connectivity index (χ0) is 21.3. The minimum absolute atomic E-state index is 0.0362. The molecule has 4 rings (SSSR count). The van der Waals surface area contributed by atoms with Crippen LogP contribution in [0, 0.1) is 5.92 Å². The molecule has 1 N–H and O–H groups in total. The Morgan fingerprint density at radius 3 is 2.57 bits per heavy atom. The average molecular weight is 470 g/mol. The van der Waals surface area contributed by atoms with Crippen molar-refractivity contribution in [3.05, 3.63) is 64.1 Å². The maximum atomic E-state index is 12.9. The summed E-state index contributed by atoms with van der Waals surface area (Å²) in [6.45, 7) is 0.823. The molecule has 3 amide bonds. The third kappa shape index (κ3) is 4.73. The number of hydrogen-bond donors (Lipinski definition) is 1. The molecule has 2 fully saturated rings. The largest absolute Gasteiger partial charge is 0.349 e. The van der Waals surface area contributed by atoms with Gasteiger partial charge in [-0.05, 0) is 48.7 Å². The molecule has 1 atom stereocenters. The fourth-order valence-electron chi connectivity index (χ4n) is 3.69. The van der Waals surface area contributed by atoms with Crippen molar-refractivity contribution in [2.24, 2.45) is 5.92 Å². The number of carbonyl (C=O) groups is 3. The first-order chi connectivity index (χ1) is 14.4. The van der Waals surface area contributed by atoms with Crippen LogP contribution in [0.5, 0.6) is 0 Å². The molecule has 0 radical (unpaired) electrons. The minimum Gasteiger partial charge on any atom is -0.349 e. The number of nitrogens with zero attached hydrogens (tertiary/aromatic N) is 2. The Morgan fingerprint density at radius 2 is 1.90 bits per heavy atom. The van der Waals surface area contributed by atoms with E-state index in [0.717, 1.165) is 28.6 Å². The van der Waals surface area contributed by atoms with Gasteiger partial charge in [0.1, 0.15) is 0 Å². The van der Waals surface area contributed by atoms with Crippen LogP contribution in [0.3, 0.4) is 0 Å². The van der Waals surface area contributed by atoms with Crippen LogP contribution in [0.1, 0.15) is 35.2 Å². The van der Waals surface area contributed by atoms with E-state index >= 15 is 0 Å². The van der Waals surface area contributed by atoms with Gasteiger partial charge in [0.15, 0.2) is 0 Å². The van der Waals surface area contributed by atoms with Crippen LogP contribution < -0.4 is 10.2 Å². The number of amides is 3. The second-order valence-corrected chi connectivity index (χ2v) is 8.94. The lowest BCUT2D eigenvalue weighted by Gasteiger charge is -2.22. The van der Waals surface area contributed by atoms with E-state index in [0.29, 0.717) is 24.7 Å². The Labute approximate surface area is 184 Å². The quantitative estimate of drug-likeness (QED) is 0.704. The van der Waals surface area contributed by atoms with Gasteiger partial charge in [-0.2, -0.15) is 0 Å². The summed E-state index contributed by atoms with van der Waals surface area (Å²) in [5, 5.41) is 2.97. The predicted molar refractivity (Wildman–Crippen MR) is 118 cm³/mol. The molecule has 7 heteroatoms. The molecule has 1 unspecified atom stereocenters. The Kier molecular flexibility index (Phi) is 5.90. The van der Waals surface area contributed by atoms with Gasteiger partial charge < -0.3 is 15.1 Å². The molecule has 6 nitrogen and oxygen atoms in total. The smallest absolute Gasteiger partial charge is 0.251 e. The highest BCUT2D eigenvalue weighted by molar-refractivity contribution is 9.10. The van der Waals surface area contributed by atoms with E-state index in [1.54, 1.807) is 29.0 Å². The van der Waals surface area contributed by atoms with Gasteiger partial charge in [0.25, 0.3) is 5.91 Å². The lowest BCUT2D eigenvalue weighted by atomic mass is 10.1. The van der Waals surface area contributed by atoms with E-state index in [4.69, 9.17) is 0 Å². The first kappa shape index (κ1) is 20.6. The molecular formula is C23H24BrN3O3. The highest BCUT2D eigenvalue weighted by Gasteiger charge is 2.36. The molecule has 1 aliphatic heterocycles. The SMILES string of the molecule is CN(Cc1ccc(C(=O)NC2CC2)cc1)C(=O)C1CC(=O)N(c2cccc(Br)c2)C1. The van der Waals surface area contributed by atoms with E-state index in [-0.39, 0.29) is 30.1 Å².